The Kier molecular flexibility index (Phi) is 5.91. The smallest absolute Gasteiger partial charge is 0.296 e. The molecule has 0 N–H and O–H groups in total. The fraction of sp³-hybridized carbons (Fsp3) is 0.333. The van der Waals surface area contributed by atoms with E-state index in [-0.39, 0.29) is 13.1 Å². The Bertz CT molecular complexity index is 1030. The monoisotopic (exact) mass is 420 g/mol. The summed E-state index contributed by atoms with van der Waals surface area (Å²) >= 11 is 0. The van der Waals surface area contributed by atoms with Crippen molar-refractivity contribution in [3.05, 3.63) is 73.8 Å². The summed E-state index contributed by atoms with van der Waals surface area (Å²) in [7, 11) is -4.14. The highest BCUT2D eigenvalue weighted by Crippen LogP contribution is 2.31. The van der Waals surface area contributed by atoms with E-state index in [1.165, 1.54) is 4.31 Å². The van der Waals surface area contributed by atoms with Crippen LogP contribution in [0.1, 0.15) is 11.1 Å². The van der Waals surface area contributed by atoms with E-state index in [1.54, 1.807) is 0 Å². The Morgan fingerprint density at radius 1 is 0.931 bits per heavy atom. The number of rotatable bonds is 6. The zero-order chi connectivity index (χ0) is 21.2. The molecule has 1 aliphatic rings. The van der Waals surface area contributed by atoms with Crippen LogP contribution in [0.3, 0.4) is 0 Å². The summed E-state index contributed by atoms with van der Waals surface area (Å²) in [5.41, 5.74) is 0.965. The zero-order valence-electron chi connectivity index (χ0n) is 15.7. The van der Waals surface area contributed by atoms with Gasteiger partial charge in [-0.3, -0.25) is 25.1 Å². The van der Waals surface area contributed by atoms with Crippen LogP contribution in [0, 0.1) is 27.2 Å². The molecular weight excluding hydrogens is 400 g/mol. The summed E-state index contributed by atoms with van der Waals surface area (Å²) in [5, 5.41) is 22.2. The van der Waals surface area contributed by atoms with Gasteiger partial charge in [0.1, 0.15) is 0 Å². The van der Waals surface area contributed by atoms with Crippen molar-refractivity contribution in [1.82, 2.24) is 9.21 Å². The third kappa shape index (κ3) is 4.58. The number of hydrogen-bond donors (Lipinski definition) is 0. The summed E-state index contributed by atoms with van der Waals surface area (Å²) in [6, 6.07) is 10.7. The van der Waals surface area contributed by atoms with E-state index < -0.39 is 36.1 Å². The van der Waals surface area contributed by atoms with Gasteiger partial charge in [0.05, 0.1) is 15.9 Å². The van der Waals surface area contributed by atoms with Gasteiger partial charge in [-0.15, -0.1) is 0 Å². The van der Waals surface area contributed by atoms with Crippen LogP contribution in [-0.4, -0.2) is 53.6 Å². The van der Waals surface area contributed by atoms with Crippen molar-refractivity contribution in [3.8, 4) is 0 Å². The molecular formula is C18H20N4O6S. The van der Waals surface area contributed by atoms with E-state index >= 15 is 0 Å². The average Bonchev–Trinajstić information content (AvgIpc) is 2.69. The number of benzene rings is 2. The minimum atomic E-state index is -4.14. The van der Waals surface area contributed by atoms with Crippen molar-refractivity contribution < 1.29 is 18.3 Å². The van der Waals surface area contributed by atoms with Crippen molar-refractivity contribution in [2.24, 2.45) is 0 Å². The van der Waals surface area contributed by atoms with E-state index in [1.807, 2.05) is 31.2 Å². The predicted octanol–water partition coefficient (Wildman–Crippen LogP) is 2.32. The van der Waals surface area contributed by atoms with Crippen molar-refractivity contribution in [2.45, 2.75) is 18.4 Å². The van der Waals surface area contributed by atoms with E-state index in [0.717, 1.165) is 23.3 Å². The lowest BCUT2D eigenvalue weighted by Gasteiger charge is -2.33. The van der Waals surface area contributed by atoms with E-state index in [2.05, 4.69) is 4.90 Å². The maximum Gasteiger partial charge on any atom is 0.296 e. The zero-order valence-corrected chi connectivity index (χ0v) is 16.5. The number of hydrogen-bond acceptors (Lipinski definition) is 7. The highest BCUT2D eigenvalue weighted by molar-refractivity contribution is 7.89. The Balaban J connectivity index is 1.75. The second-order valence-electron chi connectivity index (χ2n) is 6.83. The number of sulfonamides is 1. The van der Waals surface area contributed by atoms with Crippen molar-refractivity contribution in [3.63, 3.8) is 0 Å². The molecule has 1 fully saturated rings. The molecule has 0 bridgehead atoms. The van der Waals surface area contributed by atoms with E-state index in [9.17, 15) is 28.6 Å². The largest absolute Gasteiger partial charge is 0.296 e. The van der Waals surface area contributed by atoms with Gasteiger partial charge in [0, 0.05) is 38.8 Å². The van der Waals surface area contributed by atoms with Crippen LogP contribution >= 0.6 is 0 Å². The molecule has 1 heterocycles. The molecule has 0 unspecified atom stereocenters. The molecule has 1 saturated heterocycles. The second kappa shape index (κ2) is 8.23. The van der Waals surface area contributed by atoms with Crippen LogP contribution in [-0.2, 0) is 16.6 Å². The number of nitro groups is 2. The van der Waals surface area contributed by atoms with Crippen LogP contribution in [0.15, 0.2) is 47.4 Å². The fourth-order valence-corrected chi connectivity index (χ4v) is 4.76. The molecule has 0 atom stereocenters. The topological polar surface area (TPSA) is 127 Å². The van der Waals surface area contributed by atoms with Gasteiger partial charge < -0.3 is 0 Å². The number of piperazine rings is 1. The summed E-state index contributed by atoms with van der Waals surface area (Å²) in [6.45, 7) is 4.02. The molecule has 29 heavy (non-hydrogen) atoms. The molecule has 2 aromatic carbocycles. The molecule has 3 rings (SSSR count). The van der Waals surface area contributed by atoms with Gasteiger partial charge in [0.2, 0.25) is 10.0 Å². The van der Waals surface area contributed by atoms with Gasteiger partial charge in [-0.1, -0.05) is 29.8 Å². The van der Waals surface area contributed by atoms with Crippen LogP contribution in [0.4, 0.5) is 11.4 Å². The molecule has 10 nitrogen and oxygen atoms in total. The highest BCUT2D eigenvalue weighted by atomic mass is 32.2. The van der Waals surface area contributed by atoms with Crippen LogP contribution in [0.25, 0.3) is 0 Å². The normalized spacial score (nSPS) is 15.9. The van der Waals surface area contributed by atoms with Crippen molar-refractivity contribution in [1.29, 1.82) is 0 Å². The molecule has 154 valence electrons. The van der Waals surface area contributed by atoms with Crippen molar-refractivity contribution >= 4 is 21.4 Å². The van der Waals surface area contributed by atoms with Gasteiger partial charge in [-0.25, -0.2) is 8.42 Å². The first-order valence-corrected chi connectivity index (χ1v) is 10.3. The molecule has 0 spiro atoms. The predicted molar refractivity (Wildman–Crippen MR) is 105 cm³/mol. The molecule has 0 aliphatic carbocycles. The lowest BCUT2D eigenvalue weighted by atomic mass is 10.1. The van der Waals surface area contributed by atoms with Crippen LogP contribution in [0.2, 0.25) is 0 Å². The molecule has 0 amide bonds. The first-order chi connectivity index (χ1) is 13.7. The Morgan fingerprint density at radius 3 is 2.10 bits per heavy atom. The Morgan fingerprint density at radius 2 is 1.55 bits per heavy atom. The van der Waals surface area contributed by atoms with Gasteiger partial charge in [-0.2, -0.15) is 4.31 Å². The van der Waals surface area contributed by atoms with Gasteiger partial charge in [0.25, 0.3) is 11.4 Å². The van der Waals surface area contributed by atoms with Crippen LogP contribution < -0.4 is 0 Å². The Hall–Kier alpha value is -2.89. The molecule has 0 radical (unpaired) electrons. The minimum Gasteiger partial charge on any atom is -0.296 e. The van der Waals surface area contributed by atoms with E-state index in [0.29, 0.717) is 25.7 Å². The van der Waals surface area contributed by atoms with E-state index in [4.69, 9.17) is 0 Å². The lowest BCUT2D eigenvalue weighted by molar-refractivity contribution is -0.396. The molecule has 0 saturated carbocycles. The summed E-state index contributed by atoms with van der Waals surface area (Å²) in [6.07, 6.45) is 0. The van der Waals surface area contributed by atoms with Gasteiger partial charge in [0.15, 0.2) is 4.90 Å². The molecule has 11 heteroatoms. The first kappa shape index (κ1) is 20.8. The third-order valence-corrected chi connectivity index (χ3v) is 6.77. The quantitative estimate of drug-likeness (QED) is 0.518. The number of aryl methyl sites for hydroxylation is 1. The first-order valence-electron chi connectivity index (χ1n) is 8.89. The van der Waals surface area contributed by atoms with Gasteiger partial charge in [-0.05, 0) is 18.6 Å². The summed E-state index contributed by atoms with van der Waals surface area (Å²) in [4.78, 5) is 22.0. The second-order valence-corrected chi connectivity index (χ2v) is 8.74. The number of nitro benzene ring substituents is 2. The maximum absolute atomic E-state index is 12.9. The lowest BCUT2D eigenvalue weighted by Crippen LogP contribution is -2.48. The maximum atomic E-state index is 12.9. The fourth-order valence-electron chi connectivity index (χ4n) is 3.20. The molecule has 1 aliphatic heterocycles. The highest BCUT2D eigenvalue weighted by Gasteiger charge is 2.35. The minimum absolute atomic E-state index is 0.183. The SMILES string of the molecule is Cc1ccc(CN2CCN(S(=O)(=O)c3ccc([N+](=O)[O-])cc3[N+](=O)[O-])CC2)cc1. The number of non-ortho nitro benzene ring substituents is 1. The molecule has 2 aromatic rings. The standard InChI is InChI=1S/C18H20N4O6S/c1-14-2-4-15(5-3-14)13-19-8-10-20(11-9-19)29(27,28)18-7-6-16(21(23)24)12-17(18)22(25)26/h2-7,12H,8-11,13H2,1H3. The third-order valence-electron chi connectivity index (χ3n) is 4.83. The Labute approximate surface area is 167 Å². The summed E-state index contributed by atoms with van der Waals surface area (Å²) in [5.74, 6) is 0. The van der Waals surface area contributed by atoms with Gasteiger partial charge >= 0.3 is 0 Å². The average molecular weight is 420 g/mol. The summed E-state index contributed by atoms with van der Waals surface area (Å²) < 4.78 is 27.0. The van der Waals surface area contributed by atoms with Crippen molar-refractivity contribution in [2.75, 3.05) is 26.2 Å². The number of nitrogens with zero attached hydrogens (tertiary/aromatic N) is 4. The van der Waals surface area contributed by atoms with Crippen LogP contribution in [0.5, 0.6) is 0 Å². The molecule has 0 aromatic heterocycles.